The molecule has 0 heterocycles. The van der Waals surface area contributed by atoms with E-state index in [1.807, 2.05) is 66.2 Å². The number of methoxy groups -OCH3 is 3. The molecular weight excluding hydrogens is 1400 g/mol. The molecule has 1 atom stereocenters. The van der Waals surface area contributed by atoms with Crippen molar-refractivity contribution in [3.63, 3.8) is 0 Å². The van der Waals surface area contributed by atoms with Gasteiger partial charge in [0, 0.05) is 26.1 Å². The second-order valence-corrected chi connectivity index (χ2v) is 22.3. The number of hydrogen-bond acceptors (Lipinski definition) is 21. The molecule has 0 saturated heterocycles. The minimum Gasteiger partial charge on any atom is -0.870 e. The van der Waals surface area contributed by atoms with Crippen LogP contribution in [0.15, 0.2) is 0 Å². The Morgan fingerprint density at radius 1 is 0.635 bits per heavy atom. The Morgan fingerprint density at radius 2 is 0.919 bits per heavy atom. The first-order chi connectivity index (χ1) is 32.0. The summed E-state index contributed by atoms with van der Waals surface area (Å²) in [6.07, 6.45) is 0. The first kappa shape index (κ1) is 110. The summed E-state index contributed by atoms with van der Waals surface area (Å²) in [7, 11) is -7.45. The van der Waals surface area contributed by atoms with E-state index in [4.69, 9.17) is 46.4 Å². The van der Waals surface area contributed by atoms with E-state index < -0.39 is 53.9 Å². The molecule has 0 amide bonds. The zero-order valence-corrected chi connectivity index (χ0v) is 57.7. The SMILES string of the molecule is CBr.CCO.CCSC(C)(C)C(=O)O.CCSC(C)(C)C(=O)OC.CCSC(C)C(=O)OC.CCSCC(=O)O.CCSCC(=O)OC.CI.O=C(O)CS.O=S(=O)(O)C(F)(F)F.O=S(=O)(O)C(F)(F)F.[Li+].[OH-].[Zn]. The molecule has 0 aromatic carbocycles. The van der Waals surface area contributed by atoms with Crippen LogP contribution in [-0.4, -0.2) is 198 Å². The predicted molar refractivity (Wildman–Crippen MR) is 296 cm³/mol. The van der Waals surface area contributed by atoms with Crippen molar-refractivity contribution in [1.82, 2.24) is 0 Å². The number of ether oxygens (including phenoxy) is 3. The van der Waals surface area contributed by atoms with Gasteiger partial charge in [-0.05, 0) is 81.1 Å². The largest absolute Gasteiger partial charge is 1.00 e. The van der Waals surface area contributed by atoms with E-state index in [-0.39, 0.29) is 89.8 Å². The Bertz CT molecular complexity index is 1490. The fraction of sp³-hybridized carbons (Fsp3) is 0.833. The van der Waals surface area contributed by atoms with Crippen LogP contribution < -0.4 is 18.9 Å². The maximum absolute atomic E-state index is 11.0. The third-order valence-corrected chi connectivity index (χ3v) is 11.5. The van der Waals surface area contributed by atoms with Gasteiger partial charge in [0.05, 0.1) is 43.8 Å². The summed E-state index contributed by atoms with van der Waals surface area (Å²) >= 11 is 16.1. The molecule has 7 N–H and O–H groups in total. The van der Waals surface area contributed by atoms with Crippen LogP contribution in [0, 0.1) is 0 Å². The second kappa shape index (κ2) is 69.8. The van der Waals surface area contributed by atoms with Gasteiger partial charge in [0.15, 0.2) is 0 Å². The Hall–Kier alpha value is 0.671. The monoisotopic (exact) mass is 1470 g/mol. The fourth-order valence-electron chi connectivity index (χ4n) is 2.01. The second-order valence-electron chi connectivity index (χ2n) is 11.3. The Labute approximate surface area is 507 Å². The number of carbonyl (C=O) groups excluding carboxylic acids is 3. The standard InChI is InChI=1S/C7H14O2S.2C6H12O2S.C5H10O2S.C4H8O2S.C2H4O2S.C2H6O.CH3Br.2CHF3O3S.CH3I.Li.H2O.Zn/c1-5-10-7(2,3)6(8)9-4;1-4-9-6(2,3)5(7)8;1-4-9-5(2)6(7)8-3;1-3-8-4-5(6)7-2;1-2-7-3-4(5)6;3-2(4)1-5;1-2-3;1-2;2*2-1(3,4)8(5,6)7;1-2;;;/h5H2,1-4H3;4H2,1-3H3,(H,7,8);5H,4H2,1-3H3;3-4H2,1-2H3;2-3H2,1H3,(H,5,6);5H,1H2,(H,3,4);3H,2H2,1H3;1H3;2*(H,5,6,7);1H3;;1H2;/q;;;;;;;;;;;+1;;/p-1. The summed E-state index contributed by atoms with van der Waals surface area (Å²) < 4.78 is 128. The Morgan fingerprint density at radius 3 is 1.07 bits per heavy atom. The van der Waals surface area contributed by atoms with Gasteiger partial charge in [-0.25, -0.2) is 0 Å². The van der Waals surface area contributed by atoms with E-state index >= 15 is 0 Å². The number of halogens is 8. The molecule has 0 saturated carbocycles. The summed E-state index contributed by atoms with van der Waals surface area (Å²) in [6.45, 7) is 20.9. The molecule has 74 heavy (non-hydrogen) atoms. The van der Waals surface area contributed by atoms with Gasteiger partial charge in [-0.3, -0.25) is 37.9 Å². The van der Waals surface area contributed by atoms with Crippen molar-refractivity contribution in [3.05, 3.63) is 0 Å². The van der Waals surface area contributed by atoms with E-state index in [1.165, 1.54) is 44.9 Å². The number of carbonyl (C=O) groups is 6. The van der Waals surface area contributed by atoms with E-state index in [0.717, 1.165) is 28.8 Å². The van der Waals surface area contributed by atoms with Crippen molar-refractivity contribution in [2.24, 2.45) is 0 Å². The van der Waals surface area contributed by atoms with Crippen molar-refractivity contribution < 1.29 is 160 Å². The fourth-order valence-corrected chi connectivity index (χ4v) is 5.37. The number of alkyl halides is 8. The maximum Gasteiger partial charge on any atom is 1.00 e. The van der Waals surface area contributed by atoms with Crippen molar-refractivity contribution in [3.8, 4) is 0 Å². The first-order valence-corrected chi connectivity index (χ1v) is 31.6. The first-order valence-electron chi connectivity index (χ1n) is 19.0. The molecule has 0 fully saturated rings. The van der Waals surface area contributed by atoms with Gasteiger partial charge in [-0.2, -0.15) is 79.3 Å². The van der Waals surface area contributed by atoms with Crippen LogP contribution in [0.1, 0.15) is 76.2 Å². The number of rotatable bonds is 16. The third kappa shape index (κ3) is 98.1. The van der Waals surface area contributed by atoms with Crippen molar-refractivity contribution in [2.75, 3.05) is 84.7 Å². The predicted octanol–water partition coefficient (Wildman–Crippen LogP) is 6.01. The molecule has 0 rings (SSSR count). The van der Waals surface area contributed by atoms with Crippen LogP contribution >= 0.6 is 110 Å². The summed E-state index contributed by atoms with van der Waals surface area (Å²) in [4.78, 5) is 63.4. The number of aliphatic carboxylic acids is 3. The summed E-state index contributed by atoms with van der Waals surface area (Å²) in [6, 6.07) is 0. The number of thioether (sulfide) groups is 5. The number of esters is 3. The average Bonchev–Trinajstić information content (AvgIpc) is 3.26. The van der Waals surface area contributed by atoms with Gasteiger partial charge >= 0.3 is 85.9 Å². The van der Waals surface area contributed by atoms with E-state index in [0.29, 0.717) is 5.75 Å². The molecule has 0 aliphatic carbocycles. The molecule has 446 valence electrons. The van der Waals surface area contributed by atoms with Crippen molar-refractivity contribution in [1.29, 1.82) is 0 Å². The summed E-state index contributed by atoms with van der Waals surface area (Å²) in [5.74, 6) is 4.24. The van der Waals surface area contributed by atoms with Crippen LogP contribution in [0.3, 0.4) is 0 Å². The summed E-state index contributed by atoms with van der Waals surface area (Å²) in [5.41, 5.74) is -11.1. The van der Waals surface area contributed by atoms with Gasteiger partial charge < -0.3 is 40.1 Å². The average molecular weight is 1480 g/mol. The molecule has 0 bridgehead atoms. The van der Waals surface area contributed by atoms with E-state index in [1.54, 1.807) is 56.1 Å². The molecular formula is C36H75BrF6ILiO20S8Zn. The molecule has 0 aromatic rings. The maximum atomic E-state index is 11.0. The van der Waals surface area contributed by atoms with E-state index in [9.17, 15) is 55.1 Å². The molecule has 0 aliphatic heterocycles. The minimum absolute atomic E-state index is 0. The van der Waals surface area contributed by atoms with E-state index in [2.05, 4.69) is 65.4 Å². The topological polar surface area (TPSA) is 350 Å². The van der Waals surface area contributed by atoms with Gasteiger partial charge in [0.2, 0.25) is 0 Å². The quantitative estimate of drug-likeness (QED) is 0.0107. The smallest absolute Gasteiger partial charge is 0.870 e. The number of carboxylic acids is 3. The molecule has 38 heteroatoms. The number of aliphatic hydroxyl groups excluding tert-OH is 1. The van der Waals surface area contributed by atoms with Crippen molar-refractivity contribution in [2.45, 2.75) is 102 Å². The van der Waals surface area contributed by atoms with Crippen molar-refractivity contribution >= 4 is 166 Å². The van der Waals surface area contributed by atoms with Gasteiger partial charge in [0.25, 0.3) is 0 Å². The van der Waals surface area contributed by atoms with Gasteiger partial charge in [0.1, 0.15) is 9.49 Å². The number of hydrogen-bond donors (Lipinski definition) is 7. The normalized spacial score (nSPS) is 10.2. The third-order valence-electron chi connectivity index (χ3n) is 4.95. The van der Waals surface area contributed by atoms with Crippen LogP contribution in [0.25, 0.3) is 0 Å². The van der Waals surface area contributed by atoms with Gasteiger partial charge in [-0.1, -0.05) is 73.1 Å². The Kier molecular flexibility index (Phi) is 104. The summed E-state index contributed by atoms with van der Waals surface area (Å²) in [5, 5.41) is 31.8. The van der Waals surface area contributed by atoms with Crippen LogP contribution in [0.4, 0.5) is 26.3 Å². The van der Waals surface area contributed by atoms with Crippen LogP contribution in [0.5, 0.6) is 0 Å². The van der Waals surface area contributed by atoms with Crippen LogP contribution in [0.2, 0.25) is 0 Å². The Balaban J connectivity index is -0.0000000454. The van der Waals surface area contributed by atoms with Gasteiger partial charge in [-0.15, -0.1) is 35.3 Å². The molecule has 0 spiro atoms. The molecule has 20 nitrogen and oxygen atoms in total. The zero-order valence-electron chi connectivity index (χ0n) is 44.4. The molecule has 0 aliphatic rings. The molecule has 0 radical (unpaired) electrons. The number of carboxylic acid groups (broad SMARTS) is 3. The van der Waals surface area contributed by atoms with Crippen LogP contribution in [-0.2, 0) is 82.7 Å². The number of thiol groups is 1. The minimum atomic E-state index is -5.84. The molecule has 0 aromatic heterocycles. The molecule has 1 unspecified atom stereocenters. The zero-order chi connectivity index (χ0) is 60.1. The number of aliphatic hydroxyl groups is 1.